The molecule has 114 valence electrons. The average Bonchev–Trinajstić information content (AvgIpc) is 2.70. The molecule has 0 atom stereocenters. The van der Waals surface area contributed by atoms with Crippen molar-refractivity contribution in [3.05, 3.63) is 28.8 Å². The Labute approximate surface area is 126 Å². The van der Waals surface area contributed by atoms with E-state index >= 15 is 0 Å². The van der Waals surface area contributed by atoms with Gasteiger partial charge in [-0.3, -0.25) is 4.68 Å². The highest BCUT2D eigenvalue weighted by molar-refractivity contribution is 5.48. The molecule has 0 aromatic carbocycles. The van der Waals surface area contributed by atoms with E-state index in [9.17, 15) is 0 Å². The fourth-order valence-corrected chi connectivity index (χ4v) is 2.30. The minimum atomic E-state index is 0.719. The van der Waals surface area contributed by atoms with Crippen LogP contribution in [0.1, 0.15) is 36.1 Å². The number of aromatic nitrogens is 4. The molecule has 2 heterocycles. The fourth-order valence-electron chi connectivity index (χ4n) is 2.30. The maximum atomic E-state index is 4.56. The van der Waals surface area contributed by atoms with Gasteiger partial charge in [0.05, 0.1) is 5.69 Å². The van der Waals surface area contributed by atoms with Gasteiger partial charge in [0.15, 0.2) is 0 Å². The zero-order chi connectivity index (χ0) is 15.4. The molecule has 2 aromatic rings. The van der Waals surface area contributed by atoms with Crippen molar-refractivity contribution in [2.24, 2.45) is 7.05 Å². The molecular formula is C15H24N6. The third-order valence-corrected chi connectivity index (χ3v) is 3.61. The predicted octanol–water partition coefficient (Wildman–Crippen LogP) is 2.43. The van der Waals surface area contributed by atoms with Crippen LogP contribution >= 0.6 is 0 Å². The lowest BCUT2D eigenvalue weighted by atomic mass is 10.2. The minimum absolute atomic E-state index is 0.719. The van der Waals surface area contributed by atoms with Crippen molar-refractivity contribution < 1.29 is 0 Å². The molecule has 2 rings (SSSR count). The zero-order valence-corrected chi connectivity index (χ0v) is 13.5. The monoisotopic (exact) mass is 288 g/mol. The molecule has 0 amide bonds. The van der Waals surface area contributed by atoms with Crippen LogP contribution in [0, 0.1) is 13.8 Å². The first-order valence-corrected chi connectivity index (χ1v) is 7.33. The molecule has 0 spiro atoms. The molecule has 0 bridgehead atoms. The Morgan fingerprint density at radius 2 is 1.90 bits per heavy atom. The fraction of sp³-hybridized carbons (Fsp3) is 0.533. The molecule has 6 heteroatoms. The summed E-state index contributed by atoms with van der Waals surface area (Å²) in [7, 11) is 3.84. The van der Waals surface area contributed by atoms with E-state index < -0.39 is 0 Å². The Kier molecular flexibility index (Phi) is 4.77. The summed E-state index contributed by atoms with van der Waals surface area (Å²) in [6.07, 6.45) is 1.92. The predicted molar refractivity (Wildman–Crippen MR) is 85.6 cm³/mol. The van der Waals surface area contributed by atoms with Crippen molar-refractivity contribution in [1.29, 1.82) is 0 Å². The summed E-state index contributed by atoms with van der Waals surface area (Å²) < 4.78 is 1.91. The summed E-state index contributed by atoms with van der Waals surface area (Å²) >= 11 is 0. The van der Waals surface area contributed by atoms with E-state index in [0.29, 0.717) is 0 Å². The molecule has 0 fully saturated rings. The SMILES string of the molecule is CCCc1nc(NC)cc(NCc2c(C)nn(C)c2C)n1. The maximum absolute atomic E-state index is 4.56. The van der Waals surface area contributed by atoms with Gasteiger partial charge in [-0.2, -0.15) is 5.10 Å². The van der Waals surface area contributed by atoms with Crippen LogP contribution in [0.2, 0.25) is 0 Å². The maximum Gasteiger partial charge on any atom is 0.133 e. The van der Waals surface area contributed by atoms with E-state index in [1.54, 1.807) is 0 Å². The molecule has 2 N–H and O–H groups in total. The average molecular weight is 288 g/mol. The summed E-state index contributed by atoms with van der Waals surface area (Å²) in [4.78, 5) is 9.02. The number of hydrogen-bond donors (Lipinski definition) is 2. The van der Waals surface area contributed by atoms with E-state index in [2.05, 4.69) is 39.5 Å². The van der Waals surface area contributed by atoms with Crippen LogP contribution in [0.5, 0.6) is 0 Å². The highest BCUT2D eigenvalue weighted by Gasteiger charge is 2.10. The molecule has 2 aromatic heterocycles. The van der Waals surface area contributed by atoms with Crippen molar-refractivity contribution >= 4 is 11.6 Å². The molecule has 0 unspecified atom stereocenters. The van der Waals surface area contributed by atoms with Gasteiger partial charge in [-0.15, -0.1) is 0 Å². The highest BCUT2D eigenvalue weighted by Crippen LogP contribution is 2.16. The largest absolute Gasteiger partial charge is 0.373 e. The summed E-state index contributed by atoms with van der Waals surface area (Å²) in [6.45, 7) is 6.96. The molecular weight excluding hydrogens is 264 g/mol. The van der Waals surface area contributed by atoms with Crippen molar-refractivity contribution in [3.63, 3.8) is 0 Å². The van der Waals surface area contributed by atoms with E-state index in [1.807, 2.05) is 31.8 Å². The van der Waals surface area contributed by atoms with E-state index in [-0.39, 0.29) is 0 Å². The van der Waals surface area contributed by atoms with E-state index in [0.717, 1.165) is 42.5 Å². The lowest BCUT2D eigenvalue weighted by Crippen LogP contribution is -2.07. The number of anilines is 2. The van der Waals surface area contributed by atoms with Crippen LogP contribution in [0.25, 0.3) is 0 Å². The molecule has 0 aliphatic heterocycles. The van der Waals surface area contributed by atoms with Crippen LogP contribution in [0.3, 0.4) is 0 Å². The molecule has 0 saturated heterocycles. The van der Waals surface area contributed by atoms with Gasteiger partial charge in [0.25, 0.3) is 0 Å². The highest BCUT2D eigenvalue weighted by atomic mass is 15.3. The van der Waals surface area contributed by atoms with Gasteiger partial charge in [-0.05, 0) is 20.3 Å². The normalized spacial score (nSPS) is 10.7. The number of nitrogens with zero attached hydrogens (tertiary/aromatic N) is 4. The second kappa shape index (κ2) is 6.56. The lowest BCUT2D eigenvalue weighted by molar-refractivity contribution is 0.730. The smallest absolute Gasteiger partial charge is 0.133 e. The first-order chi connectivity index (χ1) is 10.0. The quantitative estimate of drug-likeness (QED) is 0.854. The Bertz CT molecular complexity index is 617. The summed E-state index contributed by atoms with van der Waals surface area (Å²) in [5.74, 6) is 2.56. The third-order valence-electron chi connectivity index (χ3n) is 3.61. The van der Waals surface area contributed by atoms with Crippen LogP contribution < -0.4 is 10.6 Å². The van der Waals surface area contributed by atoms with Gasteiger partial charge >= 0.3 is 0 Å². The van der Waals surface area contributed by atoms with Crippen molar-refractivity contribution in [2.75, 3.05) is 17.7 Å². The Hall–Kier alpha value is -2.11. The molecule has 21 heavy (non-hydrogen) atoms. The van der Waals surface area contributed by atoms with Gasteiger partial charge in [-0.1, -0.05) is 6.92 Å². The Balaban J connectivity index is 2.17. The second-order valence-corrected chi connectivity index (χ2v) is 5.18. The van der Waals surface area contributed by atoms with Crippen LogP contribution in [0.15, 0.2) is 6.07 Å². The van der Waals surface area contributed by atoms with Gasteiger partial charge in [0, 0.05) is 44.4 Å². The molecule has 0 saturated carbocycles. The Morgan fingerprint density at radius 1 is 1.19 bits per heavy atom. The lowest BCUT2D eigenvalue weighted by Gasteiger charge is -2.10. The number of rotatable bonds is 6. The number of nitrogens with one attached hydrogen (secondary N) is 2. The van der Waals surface area contributed by atoms with Gasteiger partial charge in [-0.25, -0.2) is 9.97 Å². The van der Waals surface area contributed by atoms with Crippen molar-refractivity contribution in [1.82, 2.24) is 19.7 Å². The first-order valence-electron chi connectivity index (χ1n) is 7.33. The van der Waals surface area contributed by atoms with E-state index in [4.69, 9.17) is 0 Å². The van der Waals surface area contributed by atoms with Crippen molar-refractivity contribution in [3.8, 4) is 0 Å². The summed E-state index contributed by atoms with van der Waals surface area (Å²) in [6, 6.07) is 1.93. The van der Waals surface area contributed by atoms with Crippen molar-refractivity contribution in [2.45, 2.75) is 40.2 Å². The summed E-state index contributed by atoms with van der Waals surface area (Å²) in [5, 5.41) is 10.9. The minimum Gasteiger partial charge on any atom is -0.373 e. The molecule has 0 aliphatic rings. The van der Waals surface area contributed by atoms with E-state index in [1.165, 1.54) is 11.3 Å². The standard InChI is InChI=1S/C15H24N6/c1-6-7-13-18-14(16-4)8-15(19-13)17-9-12-10(2)20-21(5)11(12)3/h8H,6-7,9H2,1-5H3,(H2,16,17,18,19). The zero-order valence-electron chi connectivity index (χ0n) is 13.5. The number of hydrogen-bond acceptors (Lipinski definition) is 5. The van der Waals surface area contributed by atoms with Gasteiger partial charge in [0.1, 0.15) is 17.5 Å². The molecule has 6 nitrogen and oxygen atoms in total. The Morgan fingerprint density at radius 3 is 2.48 bits per heavy atom. The summed E-state index contributed by atoms with van der Waals surface area (Å²) in [5.41, 5.74) is 3.45. The van der Waals surface area contributed by atoms with Crippen LogP contribution in [0.4, 0.5) is 11.6 Å². The van der Waals surface area contributed by atoms with Crippen LogP contribution in [-0.4, -0.2) is 26.8 Å². The first kappa shape index (κ1) is 15.3. The van der Waals surface area contributed by atoms with Crippen LogP contribution in [-0.2, 0) is 20.0 Å². The number of aryl methyl sites for hydroxylation is 3. The molecule has 0 aliphatic carbocycles. The van der Waals surface area contributed by atoms with Gasteiger partial charge < -0.3 is 10.6 Å². The van der Waals surface area contributed by atoms with Gasteiger partial charge in [0.2, 0.25) is 0 Å². The third kappa shape index (κ3) is 3.51. The topological polar surface area (TPSA) is 67.7 Å². The molecule has 0 radical (unpaired) electrons. The second-order valence-electron chi connectivity index (χ2n) is 5.18.